The van der Waals surface area contributed by atoms with Crippen molar-refractivity contribution in [3.63, 3.8) is 0 Å². The first kappa shape index (κ1) is 12.8. The molecule has 0 aliphatic carbocycles. The molecule has 0 heterocycles. The van der Waals surface area contributed by atoms with Gasteiger partial charge in [0.1, 0.15) is 0 Å². The van der Waals surface area contributed by atoms with Gasteiger partial charge >= 0.3 is 0 Å². The molecule has 1 nitrogen and oxygen atoms in total. The van der Waals surface area contributed by atoms with Crippen molar-refractivity contribution < 1.29 is 13.6 Å². The summed E-state index contributed by atoms with van der Waals surface area (Å²) in [6.45, 7) is 5.17. The van der Waals surface area contributed by atoms with Crippen molar-refractivity contribution in [1.82, 2.24) is 0 Å². The Morgan fingerprint density at radius 2 is 1.94 bits per heavy atom. The van der Waals surface area contributed by atoms with E-state index in [1.807, 2.05) is 6.92 Å². The van der Waals surface area contributed by atoms with Gasteiger partial charge in [0, 0.05) is 5.92 Å². The lowest BCUT2D eigenvalue weighted by Crippen LogP contribution is -2.14. The Balaban J connectivity index is 3.05. The molecule has 0 aromatic heterocycles. The zero-order valence-corrected chi connectivity index (χ0v) is 9.81. The van der Waals surface area contributed by atoms with Gasteiger partial charge in [0.25, 0.3) is 0 Å². The number of hydrogen-bond acceptors (Lipinski definition) is 1. The quantitative estimate of drug-likeness (QED) is 0.712. The summed E-state index contributed by atoms with van der Waals surface area (Å²) < 4.78 is 26.8. The van der Waals surface area contributed by atoms with Gasteiger partial charge in [-0.15, -0.1) is 0 Å². The van der Waals surface area contributed by atoms with Crippen LogP contribution in [0.2, 0.25) is 0 Å². The lowest BCUT2D eigenvalue weighted by atomic mass is 9.94. The van der Waals surface area contributed by atoms with Crippen LogP contribution in [0.15, 0.2) is 12.1 Å². The standard InChI is InChI=1S/C13H16F2O/c1-4-5-9(3)13(16)10-7-6-8(2)11(14)12(10)15/h6-7,9H,4-5H2,1-3H3. The van der Waals surface area contributed by atoms with E-state index in [9.17, 15) is 13.6 Å². The number of Topliss-reactive ketones (excluding diaryl/α,β-unsaturated/α-hetero) is 1. The molecule has 1 unspecified atom stereocenters. The predicted octanol–water partition coefficient (Wildman–Crippen LogP) is 3.89. The fourth-order valence-electron chi connectivity index (χ4n) is 1.67. The van der Waals surface area contributed by atoms with Gasteiger partial charge in [-0.1, -0.05) is 26.3 Å². The Kier molecular flexibility index (Phi) is 4.16. The van der Waals surface area contributed by atoms with Gasteiger partial charge in [-0.2, -0.15) is 0 Å². The second-order valence-electron chi connectivity index (χ2n) is 4.11. The molecular weight excluding hydrogens is 210 g/mol. The minimum atomic E-state index is -1.02. The largest absolute Gasteiger partial charge is 0.294 e. The summed E-state index contributed by atoms with van der Waals surface area (Å²) >= 11 is 0. The number of carbonyl (C=O) groups is 1. The summed E-state index contributed by atoms with van der Waals surface area (Å²) in [5.41, 5.74) is 0.0845. The monoisotopic (exact) mass is 226 g/mol. The number of aryl methyl sites for hydroxylation is 1. The van der Waals surface area contributed by atoms with Gasteiger partial charge < -0.3 is 0 Å². The average molecular weight is 226 g/mol. The van der Waals surface area contributed by atoms with Crippen molar-refractivity contribution in [1.29, 1.82) is 0 Å². The molecule has 0 saturated heterocycles. The Hall–Kier alpha value is -1.25. The first-order chi connectivity index (χ1) is 7.49. The van der Waals surface area contributed by atoms with Crippen LogP contribution < -0.4 is 0 Å². The Morgan fingerprint density at radius 3 is 2.50 bits per heavy atom. The number of ketones is 1. The van der Waals surface area contributed by atoms with E-state index in [0.29, 0.717) is 6.42 Å². The van der Waals surface area contributed by atoms with Crippen LogP contribution in [-0.4, -0.2) is 5.78 Å². The maximum Gasteiger partial charge on any atom is 0.169 e. The van der Waals surface area contributed by atoms with Gasteiger partial charge in [0.2, 0.25) is 0 Å². The lowest BCUT2D eigenvalue weighted by molar-refractivity contribution is 0.0918. The average Bonchev–Trinajstić information content (AvgIpc) is 2.26. The summed E-state index contributed by atoms with van der Waals surface area (Å²) in [4.78, 5) is 11.8. The normalized spacial score (nSPS) is 12.6. The van der Waals surface area contributed by atoms with Crippen molar-refractivity contribution in [2.24, 2.45) is 5.92 Å². The Morgan fingerprint density at radius 1 is 1.31 bits per heavy atom. The van der Waals surface area contributed by atoms with Crippen molar-refractivity contribution in [3.8, 4) is 0 Å². The first-order valence-electron chi connectivity index (χ1n) is 5.47. The minimum Gasteiger partial charge on any atom is -0.294 e. The maximum absolute atomic E-state index is 13.5. The van der Waals surface area contributed by atoms with E-state index in [-0.39, 0.29) is 22.8 Å². The van der Waals surface area contributed by atoms with Gasteiger partial charge in [0.15, 0.2) is 17.4 Å². The van der Waals surface area contributed by atoms with Crippen LogP contribution in [0.1, 0.15) is 42.6 Å². The van der Waals surface area contributed by atoms with E-state index < -0.39 is 11.6 Å². The molecule has 1 aromatic rings. The highest BCUT2D eigenvalue weighted by Gasteiger charge is 2.21. The summed E-state index contributed by atoms with van der Waals surface area (Å²) in [7, 11) is 0. The van der Waals surface area contributed by atoms with E-state index in [1.54, 1.807) is 6.92 Å². The second-order valence-corrected chi connectivity index (χ2v) is 4.11. The zero-order chi connectivity index (χ0) is 12.3. The Labute approximate surface area is 94.5 Å². The first-order valence-corrected chi connectivity index (χ1v) is 5.47. The number of benzene rings is 1. The van der Waals surface area contributed by atoms with E-state index in [1.165, 1.54) is 19.1 Å². The van der Waals surface area contributed by atoms with Gasteiger partial charge in [0.05, 0.1) is 5.56 Å². The molecule has 0 bridgehead atoms. The second kappa shape index (κ2) is 5.19. The molecule has 0 amide bonds. The van der Waals surface area contributed by atoms with Crippen LogP contribution in [0.4, 0.5) is 8.78 Å². The number of rotatable bonds is 4. The Bertz CT molecular complexity index is 399. The van der Waals surface area contributed by atoms with Gasteiger partial charge in [-0.25, -0.2) is 8.78 Å². The van der Waals surface area contributed by atoms with Crippen LogP contribution in [0.5, 0.6) is 0 Å². The van der Waals surface area contributed by atoms with E-state index in [4.69, 9.17) is 0 Å². The zero-order valence-electron chi connectivity index (χ0n) is 9.81. The molecule has 88 valence electrons. The van der Waals surface area contributed by atoms with Crippen LogP contribution in [0.3, 0.4) is 0 Å². The molecular formula is C13H16F2O. The topological polar surface area (TPSA) is 17.1 Å². The third kappa shape index (κ3) is 2.46. The van der Waals surface area contributed by atoms with Gasteiger partial charge in [-0.05, 0) is 25.0 Å². The highest BCUT2D eigenvalue weighted by Crippen LogP contribution is 2.20. The smallest absolute Gasteiger partial charge is 0.169 e. The third-order valence-electron chi connectivity index (χ3n) is 2.71. The highest BCUT2D eigenvalue weighted by molar-refractivity contribution is 5.97. The molecule has 1 aromatic carbocycles. The van der Waals surface area contributed by atoms with Crippen LogP contribution in [-0.2, 0) is 0 Å². The fourth-order valence-corrected chi connectivity index (χ4v) is 1.67. The third-order valence-corrected chi connectivity index (χ3v) is 2.71. The highest BCUT2D eigenvalue weighted by atomic mass is 19.2. The molecule has 0 fully saturated rings. The molecule has 0 N–H and O–H groups in total. The summed E-state index contributed by atoms with van der Waals surface area (Å²) in [5.74, 6) is -2.53. The van der Waals surface area contributed by atoms with E-state index in [2.05, 4.69) is 0 Å². The van der Waals surface area contributed by atoms with Crippen LogP contribution in [0.25, 0.3) is 0 Å². The summed E-state index contributed by atoms with van der Waals surface area (Å²) in [5, 5.41) is 0. The molecule has 16 heavy (non-hydrogen) atoms. The van der Waals surface area contributed by atoms with Crippen molar-refractivity contribution >= 4 is 5.78 Å². The predicted molar refractivity (Wildman–Crippen MR) is 59.5 cm³/mol. The van der Waals surface area contributed by atoms with E-state index in [0.717, 1.165) is 6.42 Å². The number of halogens is 2. The molecule has 1 atom stereocenters. The van der Waals surface area contributed by atoms with E-state index >= 15 is 0 Å². The molecule has 0 spiro atoms. The van der Waals surface area contributed by atoms with Crippen molar-refractivity contribution in [2.75, 3.05) is 0 Å². The molecule has 1 rings (SSSR count). The maximum atomic E-state index is 13.5. The molecule has 0 aliphatic heterocycles. The molecule has 0 aliphatic rings. The molecule has 3 heteroatoms. The van der Waals surface area contributed by atoms with Crippen molar-refractivity contribution in [3.05, 3.63) is 34.9 Å². The fraction of sp³-hybridized carbons (Fsp3) is 0.462. The van der Waals surface area contributed by atoms with Crippen LogP contribution in [0, 0.1) is 24.5 Å². The SMILES string of the molecule is CCCC(C)C(=O)c1ccc(C)c(F)c1F. The molecule has 0 radical (unpaired) electrons. The van der Waals surface area contributed by atoms with Crippen LogP contribution >= 0.6 is 0 Å². The summed E-state index contributed by atoms with van der Waals surface area (Å²) in [6, 6.07) is 2.80. The lowest BCUT2D eigenvalue weighted by Gasteiger charge is -2.10. The number of carbonyl (C=O) groups excluding carboxylic acids is 1. The van der Waals surface area contributed by atoms with Crippen molar-refractivity contribution in [2.45, 2.75) is 33.6 Å². The number of hydrogen-bond donors (Lipinski definition) is 0. The molecule has 0 saturated carbocycles. The summed E-state index contributed by atoms with van der Waals surface area (Å²) in [6.07, 6.45) is 1.54. The minimum absolute atomic E-state index is 0.135. The van der Waals surface area contributed by atoms with Gasteiger partial charge in [-0.3, -0.25) is 4.79 Å².